The van der Waals surface area contributed by atoms with Crippen molar-refractivity contribution in [3.05, 3.63) is 54.0 Å². The third-order valence-corrected chi connectivity index (χ3v) is 5.56. The highest BCUT2D eigenvalue weighted by Crippen LogP contribution is 2.30. The number of carbonyl (C=O) groups is 1. The van der Waals surface area contributed by atoms with E-state index in [0.29, 0.717) is 0 Å². The SMILES string of the molecule is O=C(CCNS(=O)(=O)c1ccccc1)N[C@H]1CCCc2occc21. The molecule has 0 spiro atoms. The van der Waals surface area contributed by atoms with Gasteiger partial charge in [0.2, 0.25) is 15.9 Å². The Morgan fingerprint density at radius 3 is 2.79 bits per heavy atom. The fraction of sp³-hybridized carbons (Fsp3) is 0.353. The summed E-state index contributed by atoms with van der Waals surface area (Å²) in [5.41, 5.74) is 1.03. The molecule has 24 heavy (non-hydrogen) atoms. The average Bonchev–Trinajstić information content (AvgIpc) is 3.05. The molecule has 2 aromatic rings. The van der Waals surface area contributed by atoms with Crippen molar-refractivity contribution in [2.24, 2.45) is 0 Å². The van der Waals surface area contributed by atoms with Crippen LogP contribution in [0.5, 0.6) is 0 Å². The lowest BCUT2D eigenvalue weighted by Gasteiger charge is -2.22. The second-order valence-corrected chi connectivity index (χ2v) is 7.54. The molecule has 1 aromatic carbocycles. The van der Waals surface area contributed by atoms with Crippen LogP contribution in [0.2, 0.25) is 0 Å². The standard InChI is InChI=1S/C17H20N2O4S/c20-17(19-15-7-4-8-16-14(15)10-12-23-16)9-11-18-24(21,22)13-5-2-1-3-6-13/h1-3,5-6,10,12,15,18H,4,7-9,11H2,(H,19,20)/t15-/m0/s1. The Morgan fingerprint density at radius 2 is 2.00 bits per heavy atom. The molecule has 1 aromatic heterocycles. The van der Waals surface area contributed by atoms with Crippen LogP contribution in [0.4, 0.5) is 0 Å². The lowest BCUT2D eigenvalue weighted by Crippen LogP contribution is -2.34. The van der Waals surface area contributed by atoms with Crippen LogP contribution in [0.25, 0.3) is 0 Å². The maximum absolute atomic E-state index is 12.1. The molecule has 1 atom stereocenters. The van der Waals surface area contributed by atoms with Crippen molar-refractivity contribution >= 4 is 15.9 Å². The van der Waals surface area contributed by atoms with Gasteiger partial charge in [0.1, 0.15) is 5.76 Å². The Balaban J connectivity index is 1.50. The Bertz CT molecular complexity index is 799. The molecule has 3 rings (SSSR count). The fourth-order valence-electron chi connectivity index (χ4n) is 2.88. The monoisotopic (exact) mass is 348 g/mol. The summed E-state index contributed by atoms with van der Waals surface area (Å²) in [5, 5.41) is 2.95. The topological polar surface area (TPSA) is 88.4 Å². The molecule has 1 amide bonds. The number of aryl methyl sites for hydroxylation is 1. The fourth-order valence-corrected chi connectivity index (χ4v) is 3.94. The molecule has 0 fully saturated rings. The molecule has 0 saturated carbocycles. The number of furan rings is 1. The van der Waals surface area contributed by atoms with Crippen LogP contribution < -0.4 is 10.0 Å². The summed E-state index contributed by atoms with van der Waals surface area (Å²) < 4.78 is 32.0. The predicted molar refractivity (Wildman–Crippen MR) is 88.8 cm³/mol. The summed E-state index contributed by atoms with van der Waals surface area (Å²) in [6, 6.07) is 9.94. The predicted octanol–water partition coefficient (Wildman–Crippen LogP) is 2.14. The first-order valence-electron chi connectivity index (χ1n) is 7.96. The van der Waals surface area contributed by atoms with Crippen LogP contribution in [0.1, 0.15) is 36.6 Å². The second-order valence-electron chi connectivity index (χ2n) is 5.77. The van der Waals surface area contributed by atoms with Gasteiger partial charge in [0.15, 0.2) is 0 Å². The number of sulfonamides is 1. The van der Waals surface area contributed by atoms with E-state index >= 15 is 0 Å². The van der Waals surface area contributed by atoms with Gasteiger partial charge in [-0.25, -0.2) is 13.1 Å². The average molecular weight is 348 g/mol. The molecule has 1 heterocycles. The van der Waals surface area contributed by atoms with E-state index in [1.165, 1.54) is 12.1 Å². The van der Waals surface area contributed by atoms with E-state index in [1.54, 1.807) is 24.5 Å². The van der Waals surface area contributed by atoms with Gasteiger partial charge in [-0.15, -0.1) is 0 Å². The minimum absolute atomic E-state index is 0.0502. The summed E-state index contributed by atoms with van der Waals surface area (Å²) in [7, 11) is -3.57. The zero-order chi connectivity index (χ0) is 17.0. The molecule has 7 heteroatoms. The number of carbonyl (C=O) groups excluding carboxylic acids is 1. The highest BCUT2D eigenvalue weighted by Gasteiger charge is 2.24. The van der Waals surface area contributed by atoms with Gasteiger partial charge in [-0.2, -0.15) is 0 Å². The zero-order valence-corrected chi connectivity index (χ0v) is 14.0. The summed E-state index contributed by atoms with van der Waals surface area (Å²) in [5.74, 6) is 0.751. The first-order chi connectivity index (χ1) is 11.6. The van der Waals surface area contributed by atoms with E-state index in [2.05, 4.69) is 10.0 Å². The van der Waals surface area contributed by atoms with Crippen LogP contribution >= 0.6 is 0 Å². The lowest BCUT2D eigenvalue weighted by atomic mass is 9.93. The van der Waals surface area contributed by atoms with Crippen LogP contribution in [0, 0.1) is 0 Å². The summed E-state index contributed by atoms with van der Waals surface area (Å²) >= 11 is 0. The lowest BCUT2D eigenvalue weighted by molar-refractivity contribution is -0.121. The van der Waals surface area contributed by atoms with Crippen LogP contribution in [-0.4, -0.2) is 20.9 Å². The zero-order valence-electron chi connectivity index (χ0n) is 13.2. The molecule has 0 unspecified atom stereocenters. The Labute approximate surface area is 141 Å². The molecule has 0 bridgehead atoms. The van der Waals surface area contributed by atoms with Crippen molar-refractivity contribution in [2.45, 2.75) is 36.6 Å². The van der Waals surface area contributed by atoms with Crippen LogP contribution in [0.15, 0.2) is 52.0 Å². The minimum atomic E-state index is -3.57. The van der Waals surface area contributed by atoms with E-state index in [0.717, 1.165) is 30.6 Å². The van der Waals surface area contributed by atoms with Crippen molar-refractivity contribution in [2.75, 3.05) is 6.54 Å². The molecule has 0 saturated heterocycles. The quantitative estimate of drug-likeness (QED) is 0.837. The van der Waals surface area contributed by atoms with E-state index in [4.69, 9.17) is 4.42 Å². The summed E-state index contributed by atoms with van der Waals surface area (Å²) in [6.07, 6.45) is 4.46. The molecule has 2 N–H and O–H groups in total. The largest absolute Gasteiger partial charge is 0.469 e. The van der Waals surface area contributed by atoms with Crippen molar-refractivity contribution in [3.63, 3.8) is 0 Å². The number of benzene rings is 1. The van der Waals surface area contributed by atoms with Crippen LogP contribution in [0.3, 0.4) is 0 Å². The first-order valence-corrected chi connectivity index (χ1v) is 9.45. The summed E-state index contributed by atoms with van der Waals surface area (Å²) in [6.45, 7) is 0.0635. The molecule has 0 aliphatic heterocycles. The molecule has 1 aliphatic rings. The molecule has 6 nitrogen and oxygen atoms in total. The van der Waals surface area contributed by atoms with Gasteiger partial charge in [0.25, 0.3) is 0 Å². The van der Waals surface area contributed by atoms with Gasteiger partial charge in [0.05, 0.1) is 17.2 Å². The van der Waals surface area contributed by atoms with Crippen molar-refractivity contribution in [1.29, 1.82) is 0 Å². The summed E-state index contributed by atoms with van der Waals surface area (Å²) in [4.78, 5) is 12.3. The Morgan fingerprint density at radius 1 is 1.21 bits per heavy atom. The van der Waals surface area contributed by atoms with E-state index < -0.39 is 10.0 Å². The maximum Gasteiger partial charge on any atom is 0.240 e. The molecule has 128 valence electrons. The van der Waals surface area contributed by atoms with Gasteiger partial charge >= 0.3 is 0 Å². The molecular formula is C17H20N2O4S. The maximum atomic E-state index is 12.1. The van der Waals surface area contributed by atoms with E-state index in [-0.39, 0.29) is 29.8 Å². The van der Waals surface area contributed by atoms with Crippen molar-refractivity contribution in [3.8, 4) is 0 Å². The molecule has 1 aliphatic carbocycles. The van der Waals surface area contributed by atoms with Gasteiger partial charge in [-0.3, -0.25) is 4.79 Å². The van der Waals surface area contributed by atoms with Crippen LogP contribution in [-0.2, 0) is 21.2 Å². The minimum Gasteiger partial charge on any atom is -0.469 e. The normalized spacial score (nSPS) is 17.2. The smallest absolute Gasteiger partial charge is 0.240 e. The molecule has 0 radical (unpaired) electrons. The number of hydrogen-bond donors (Lipinski definition) is 2. The van der Waals surface area contributed by atoms with Gasteiger partial charge in [0, 0.05) is 24.9 Å². The highest BCUT2D eigenvalue weighted by molar-refractivity contribution is 7.89. The van der Waals surface area contributed by atoms with Crippen molar-refractivity contribution in [1.82, 2.24) is 10.0 Å². The van der Waals surface area contributed by atoms with E-state index in [1.807, 2.05) is 6.07 Å². The van der Waals surface area contributed by atoms with Crippen molar-refractivity contribution < 1.29 is 17.6 Å². The number of rotatable bonds is 6. The van der Waals surface area contributed by atoms with Gasteiger partial charge in [-0.05, 0) is 31.0 Å². The number of amides is 1. The number of nitrogens with one attached hydrogen (secondary N) is 2. The number of hydrogen-bond acceptors (Lipinski definition) is 4. The first kappa shape index (κ1) is 16.7. The highest BCUT2D eigenvalue weighted by atomic mass is 32.2. The Hall–Kier alpha value is -2.12. The third kappa shape index (κ3) is 3.85. The molecular weight excluding hydrogens is 328 g/mol. The van der Waals surface area contributed by atoms with Gasteiger partial charge in [-0.1, -0.05) is 18.2 Å². The van der Waals surface area contributed by atoms with E-state index in [9.17, 15) is 13.2 Å². The van der Waals surface area contributed by atoms with Gasteiger partial charge < -0.3 is 9.73 Å². The number of fused-ring (bicyclic) bond motifs is 1. The Kier molecular flexibility index (Phi) is 5.01. The third-order valence-electron chi connectivity index (χ3n) is 4.08. The second kappa shape index (κ2) is 7.19.